The van der Waals surface area contributed by atoms with Gasteiger partial charge >= 0.3 is 0 Å². The fraction of sp³-hybridized carbons (Fsp3) is 0.222. The van der Waals surface area contributed by atoms with Crippen molar-refractivity contribution < 1.29 is 4.79 Å². The van der Waals surface area contributed by atoms with E-state index in [-0.39, 0.29) is 5.91 Å². The summed E-state index contributed by atoms with van der Waals surface area (Å²) in [7, 11) is 0. The van der Waals surface area contributed by atoms with E-state index in [1.165, 1.54) is 0 Å². The van der Waals surface area contributed by atoms with Gasteiger partial charge in [-0.25, -0.2) is 4.98 Å². The van der Waals surface area contributed by atoms with Crippen molar-refractivity contribution in [3.05, 3.63) is 65.4 Å². The molecule has 2 heterocycles. The first-order chi connectivity index (χ1) is 11.2. The standard InChI is InChI=1S/C18H18ClN3O/c19-16-6-4-14(5-7-16)13-17(23)20-10-2-11-22-12-8-15-3-1-9-21-18(15)22/h1,3-9,12H,2,10-11,13H2,(H,20,23). The predicted octanol–water partition coefficient (Wildman–Crippen LogP) is 3.44. The largest absolute Gasteiger partial charge is 0.356 e. The molecular formula is C18H18ClN3O. The van der Waals surface area contributed by atoms with Crippen LogP contribution >= 0.6 is 11.6 Å². The summed E-state index contributed by atoms with van der Waals surface area (Å²) < 4.78 is 2.11. The van der Waals surface area contributed by atoms with Gasteiger partial charge in [0, 0.05) is 35.9 Å². The molecule has 3 rings (SSSR count). The molecule has 0 aliphatic rings. The number of aromatic nitrogens is 2. The van der Waals surface area contributed by atoms with Gasteiger partial charge in [-0.3, -0.25) is 4.79 Å². The summed E-state index contributed by atoms with van der Waals surface area (Å²) in [6.45, 7) is 1.49. The highest BCUT2D eigenvalue weighted by Gasteiger charge is 2.04. The number of nitrogens with zero attached hydrogens (tertiary/aromatic N) is 2. The minimum absolute atomic E-state index is 0.0304. The SMILES string of the molecule is O=C(Cc1ccc(Cl)cc1)NCCCn1ccc2cccnc21. The molecule has 23 heavy (non-hydrogen) atoms. The monoisotopic (exact) mass is 327 g/mol. The molecule has 2 aromatic heterocycles. The number of carbonyl (C=O) groups excluding carboxylic acids is 1. The molecule has 0 bridgehead atoms. The molecule has 0 spiro atoms. The number of hydrogen-bond acceptors (Lipinski definition) is 2. The third kappa shape index (κ3) is 4.11. The Bertz CT molecular complexity index is 795. The number of carbonyl (C=O) groups is 1. The van der Waals surface area contributed by atoms with E-state index in [1.807, 2.05) is 30.5 Å². The summed E-state index contributed by atoms with van der Waals surface area (Å²) in [5.41, 5.74) is 1.95. The molecule has 4 nitrogen and oxygen atoms in total. The minimum Gasteiger partial charge on any atom is -0.356 e. The Kier molecular flexibility index (Phi) is 4.93. The summed E-state index contributed by atoms with van der Waals surface area (Å²) in [5.74, 6) is 0.0304. The second kappa shape index (κ2) is 7.29. The zero-order valence-corrected chi connectivity index (χ0v) is 13.5. The number of benzene rings is 1. The molecule has 0 saturated carbocycles. The van der Waals surface area contributed by atoms with Crippen LogP contribution in [0.25, 0.3) is 11.0 Å². The molecule has 0 unspecified atom stereocenters. The molecule has 0 aliphatic carbocycles. The number of nitrogens with one attached hydrogen (secondary N) is 1. The summed E-state index contributed by atoms with van der Waals surface area (Å²) in [6.07, 6.45) is 5.08. The van der Waals surface area contributed by atoms with Crippen molar-refractivity contribution in [2.45, 2.75) is 19.4 Å². The fourth-order valence-electron chi connectivity index (χ4n) is 2.53. The van der Waals surface area contributed by atoms with Gasteiger partial charge in [0.25, 0.3) is 0 Å². The van der Waals surface area contributed by atoms with Gasteiger partial charge in [0.2, 0.25) is 5.91 Å². The number of aryl methyl sites for hydroxylation is 1. The molecule has 5 heteroatoms. The zero-order chi connectivity index (χ0) is 16.1. The molecule has 0 saturated heterocycles. The van der Waals surface area contributed by atoms with Gasteiger partial charge in [0.1, 0.15) is 5.65 Å². The second-order valence-electron chi connectivity index (χ2n) is 5.43. The van der Waals surface area contributed by atoms with Crippen molar-refractivity contribution in [2.75, 3.05) is 6.54 Å². The van der Waals surface area contributed by atoms with Crippen molar-refractivity contribution in [1.29, 1.82) is 0 Å². The number of hydrogen-bond donors (Lipinski definition) is 1. The lowest BCUT2D eigenvalue weighted by atomic mass is 10.1. The maximum absolute atomic E-state index is 11.9. The highest BCUT2D eigenvalue weighted by molar-refractivity contribution is 6.30. The average Bonchev–Trinajstić information content (AvgIpc) is 2.97. The Labute approximate surface area is 140 Å². The molecule has 0 fully saturated rings. The third-order valence-electron chi connectivity index (χ3n) is 3.70. The van der Waals surface area contributed by atoms with Crippen molar-refractivity contribution in [1.82, 2.24) is 14.9 Å². The maximum atomic E-state index is 11.9. The third-order valence-corrected chi connectivity index (χ3v) is 3.95. The lowest BCUT2D eigenvalue weighted by molar-refractivity contribution is -0.120. The molecule has 118 valence electrons. The van der Waals surface area contributed by atoms with Gasteiger partial charge in [0.15, 0.2) is 0 Å². The van der Waals surface area contributed by atoms with Crippen molar-refractivity contribution in [3.63, 3.8) is 0 Å². The molecule has 0 aliphatic heterocycles. The van der Waals surface area contributed by atoms with E-state index in [9.17, 15) is 4.79 Å². The van der Waals surface area contributed by atoms with Crippen LogP contribution in [0.1, 0.15) is 12.0 Å². The number of pyridine rings is 1. The van der Waals surface area contributed by atoms with E-state index < -0.39 is 0 Å². The van der Waals surface area contributed by atoms with E-state index in [4.69, 9.17) is 11.6 Å². The Hall–Kier alpha value is -2.33. The van der Waals surface area contributed by atoms with Crippen LogP contribution in [-0.2, 0) is 17.8 Å². The molecule has 1 amide bonds. The minimum atomic E-state index is 0.0304. The van der Waals surface area contributed by atoms with Crippen LogP contribution in [0.4, 0.5) is 0 Å². The van der Waals surface area contributed by atoms with Crippen molar-refractivity contribution in [2.24, 2.45) is 0 Å². The van der Waals surface area contributed by atoms with E-state index in [1.54, 1.807) is 18.3 Å². The lowest BCUT2D eigenvalue weighted by Gasteiger charge is -2.07. The van der Waals surface area contributed by atoms with Crippen molar-refractivity contribution in [3.8, 4) is 0 Å². The molecule has 3 aromatic rings. The number of rotatable bonds is 6. The predicted molar refractivity (Wildman–Crippen MR) is 92.5 cm³/mol. The van der Waals surface area contributed by atoms with Crippen LogP contribution in [0, 0.1) is 0 Å². The first-order valence-electron chi connectivity index (χ1n) is 7.63. The van der Waals surface area contributed by atoms with Gasteiger partial charge in [-0.2, -0.15) is 0 Å². The second-order valence-corrected chi connectivity index (χ2v) is 5.87. The van der Waals surface area contributed by atoms with Crippen LogP contribution in [-0.4, -0.2) is 22.0 Å². The van der Waals surface area contributed by atoms with Crippen LogP contribution in [0.5, 0.6) is 0 Å². The molecular weight excluding hydrogens is 310 g/mol. The van der Waals surface area contributed by atoms with Crippen molar-refractivity contribution >= 4 is 28.5 Å². The van der Waals surface area contributed by atoms with Gasteiger partial charge < -0.3 is 9.88 Å². The van der Waals surface area contributed by atoms with E-state index in [0.29, 0.717) is 18.0 Å². The quantitative estimate of drug-likeness (QED) is 0.705. The van der Waals surface area contributed by atoms with Crippen LogP contribution in [0.15, 0.2) is 54.9 Å². The molecule has 1 aromatic carbocycles. The fourth-order valence-corrected chi connectivity index (χ4v) is 2.65. The first-order valence-corrected chi connectivity index (χ1v) is 8.01. The van der Waals surface area contributed by atoms with E-state index in [2.05, 4.69) is 20.9 Å². The van der Waals surface area contributed by atoms with Gasteiger partial charge in [0.05, 0.1) is 6.42 Å². The average molecular weight is 328 g/mol. The Morgan fingerprint density at radius 2 is 2.00 bits per heavy atom. The molecule has 0 radical (unpaired) electrons. The highest BCUT2D eigenvalue weighted by atomic mass is 35.5. The van der Waals surface area contributed by atoms with Crippen LogP contribution in [0.3, 0.4) is 0 Å². The summed E-state index contributed by atoms with van der Waals surface area (Å²) in [6, 6.07) is 13.4. The summed E-state index contributed by atoms with van der Waals surface area (Å²) in [4.78, 5) is 16.3. The topological polar surface area (TPSA) is 46.9 Å². The Balaban J connectivity index is 1.44. The highest BCUT2D eigenvalue weighted by Crippen LogP contribution is 2.12. The first kappa shape index (κ1) is 15.6. The van der Waals surface area contributed by atoms with Crippen LogP contribution < -0.4 is 5.32 Å². The summed E-state index contributed by atoms with van der Waals surface area (Å²) >= 11 is 5.83. The zero-order valence-electron chi connectivity index (χ0n) is 12.7. The number of fused-ring (bicyclic) bond motifs is 1. The molecule has 1 N–H and O–H groups in total. The Morgan fingerprint density at radius 1 is 1.17 bits per heavy atom. The van der Waals surface area contributed by atoms with Gasteiger partial charge in [-0.1, -0.05) is 23.7 Å². The maximum Gasteiger partial charge on any atom is 0.224 e. The smallest absolute Gasteiger partial charge is 0.224 e. The lowest BCUT2D eigenvalue weighted by Crippen LogP contribution is -2.26. The normalized spacial score (nSPS) is 10.8. The van der Waals surface area contributed by atoms with Crippen LogP contribution in [0.2, 0.25) is 5.02 Å². The van der Waals surface area contributed by atoms with E-state index in [0.717, 1.165) is 29.6 Å². The van der Waals surface area contributed by atoms with Gasteiger partial charge in [-0.15, -0.1) is 0 Å². The number of amides is 1. The summed E-state index contributed by atoms with van der Waals surface area (Å²) in [5, 5.41) is 4.77. The van der Waals surface area contributed by atoms with E-state index >= 15 is 0 Å². The molecule has 0 atom stereocenters. The Morgan fingerprint density at radius 3 is 2.83 bits per heavy atom. The number of halogens is 1. The van der Waals surface area contributed by atoms with Gasteiger partial charge in [-0.05, 0) is 42.3 Å².